The molecule has 1 atom stereocenters. The maximum absolute atomic E-state index is 9.86. The van der Waals surface area contributed by atoms with Gasteiger partial charge in [0.05, 0.1) is 13.2 Å². The minimum Gasteiger partial charge on any atom is -0.386 e. The number of aliphatic hydroxyl groups excluding tert-OH is 1. The van der Waals surface area contributed by atoms with Crippen molar-refractivity contribution >= 4 is 0 Å². The van der Waals surface area contributed by atoms with E-state index in [1.165, 1.54) is 0 Å². The van der Waals surface area contributed by atoms with E-state index in [9.17, 15) is 5.11 Å². The van der Waals surface area contributed by atoms with Gasteiger partial charge in [0.1, 0.15) is 6.10 Å². The average Bonchev–Trinajstić information content (AvgIpc) is 2.40. The van der Waals surface area contributed by atoms with Crippen LogP contribution in [0.3, 0.4) is 0 Å². The summed E-state index contributed by atoms with van der Waals surface area (Å²) in [7, 11) is 0. The molecule has 0 aliphatic carbocycles. The van der Waals surface area contributed by atoms with Gasteiger partial charge >= 0.3 is 0 Å². The number of hydrogen-bond acceptors (Lipinski definition) is 3. The first kappa shape index (κ1) is 14.2. The number of rotatable bonds is 8. The van der Waals surface area contributed by atoms with Crippen LogP contribution in [-0.2, 0) is 4.74 Å². The molecule has 3 nitrogen and oxygen atoms in total. The molecule has 1 N–H and O–H groups in total. The molecule has 1 aromatic rings. The van der Waals surface area contributed by atoms with Crippen molar-refractivity contribution in [3.63, 3.8) is 0 Å². The highest BCUT2D eigenvalue weighted by molar-refractivity contribution is 5.17. The van der Waals surface area contributed by atoms with Gasteiger partial charge in [0.15, 0.2) is 0 Å². The number of hydrogen-bond donors (Lipinski definition) is 1. The van der Waals surface area contributed by atoms with Gasteiger partial charge in [-0.15, -0.1) is 0 Å². The highest BCUT2D eigenvalue weighted by Crippen LogP contribution is 2.11. The highest BCUT2D eigenvalue weighted by Gasteiger charge is 2.06. The van der Waals surface area contributed by atoms with Crippen LogP contribution in [0.4, 0.5) is 0 Å². The smallest absolute Gasteiger partial charge is 0.102 e. The third-order valence-electron chi connectivity index (χ3n) is 2.91. The predicted octanol–water partition coefficient (Wildman–Crippen LogP) is 2.08. The van der Waals surface area contributed by atoms with E-state index in [0.717, 1.165) is 25.2 Å². The third kappa shape index (κ3) is 5.31. The molecule has 0 aromatic heterocycles. The van der Waals surface area contributed by atoms with Gasteiger partial charge in [-0.25, -0.2) is 0 Å². The molecule has 1 rings (SSSR count). The Balaban J connectivity index is 2.19. The summed E-state index contributed by atoms with van der Waals surface area (Å²) in [4.78, 5) is 2.30. The van der Waals surface area contributed by atoms with Crippen molar-refractivity contribution in [3.05, 3.63) is 35.9 Å². The summed E-state index contributed by atoms with van der Waals surface area (Å²) < 4.78 is 5.49. The lowest BCUT2D eigenvalue weighted by molar-refractivity contribution is 0.0274. The van der Waals surface area contributed by atoms with Crippen molar-refractivity contribution in [2.45, 2.75) is 20.0 Å². The largest absolute Gasteiger partial charge is 0.386 e. The van der Waals surface area contributed by atoms with Gasteiger partial charge in [0.25, 0.3) is 0 Å². The Bertz CT molecular complexity index is 286. The molecule has 0 aliphatic heterocycles. The molecule has 0 heterocycles. The van der Waals surface area contributed by atoms with Crippen LogP contribution in [0.15, 0.2) is 30.3 Å². The molecule has 0 radical (unpaired) electrons. The number of aliphatic hydroxyl groups is 1. The summed E-state index contributed by atoms with van der Waals surface area (Å²) in [5.41, 5.74) is 0.912. The third-order valence-corrected chi connectivity index (χ3v) is 2.91. The molecule has 0 spiro atoms. The van der Waals surface area contributed by atoms with Crippen molar-refractivity contribution in [3.8, 4) is 0 Å². The lowest BCUT2D eigenvalue weighted by Crippen LogP contribution is -2.27. The van der Waals surface area contributed by atoms with Crippen molar-refractivity contribution in [2.75, 3.05) is 32.8 Å². The van der Waals surface area contributed by atoms with Crippen LogP contribution in [0.25, 0.3) is 0 Å². The Morgan fingerprint density at radius 3 is 2.41 bits per heavy atom. The van der Waals surface area contributed by atoms with Crippen molar-refractivity contribution < 1.29 is 9.84 Å². The number of ether oxygens (including phenoxy) is 1. The Morgan fingerprint density at radius 2 is 1.82 bits per heavy atom. The molecule has 0 aliphatic rings. The lowest BCUT2D eigenvalue weighted by atomic mass is 10.1. The van der Waals surface area contributed by atoms with Crippen LogP contribution in [0.5, 0.6) is 0 Å². The molecule has 17 heavy (non-hydrogen) atoms. The molecule has 1 aromatic carbocycles. The summed E-state index contributed by atoms with van der Waals surface area (Å²) in [6.45, 7) is 8.33. The van der Waals surface area contributed by atoms with Crippen LogP contribution in [0.1, 0.15) is 25.5 Å². The lowest BCUT2D eigenvalue weighted by Gasteiger charge is -2.18. The number of likely N-dealkylation sites (N-methyl/N-ethyl adjacent to an activating group) is 1. The van der Waals surface area contributed by atoms with Gasteiger partial charge < -0.3 is 14.7 Å². The molecule has 3 heteroatoms. The molecular formula is C14H23NO2. The van der Waals surface area contributed by atoms with Crippen LogP contribution in [0, 0.1) is 0 Å². The monoisotopic (exact) mass is 237 g/mol. The second-order valence-electron chi connectivity index (χ2n) is 4.03. The molecule has 0 amide bonds. The van der Waals surface area contributed by atoms with Gasteiger partial charge in [-0.05, 0) is 18.7 Å². The van der Waals surface area contributed by atoms with Gasteiger partial charge in [0.2, 0.25) is 0 Å². The van der Waals surface area contributed by atoms with Crippen LogP contribution >= 0.6 is 0 Å². The highest BCUT2D eigenvalue weighted by atomic mass is 16.5. The van der Waals surface area contributed by atoms with E-state index >= 15 is 0 Å². The van der Waals surface area contributed by atoms with Gasteiger partial charge in [-0.3, -0.25) is 0 Å². The summed E-state index contributed by atoms with van der Waals surface area (Å²) >= 11 is 0. The second-order valence-corrected chi connectivity index (χ2v) is 4.03. The molecule has 0 bridgehead atoms. The normalized spacial score (nSPS) is 12.9. The first-order valence-electron chi connectivity index (χ1n) is 6.31. The molecule has 0 fully saturated rings. The van der Waals surface area contributed by atoms with Crippen LogP contribution < -0.4 is 0 Å². The summed E-state index contributed by atoms with van der Waals surface area (Å²) in [5, 5.41) is 9.86. The van der Waals surface area contributed by atoms with E-state index in [-0.39, 0.29) is 0 Å². The summed E-state index contributed by atoms with van der Waals surface area (Å²) in [6, 6.07) is 9.62. The Labute approximate surface area is 104 Å². The quantitative estimate of drug-likeness (QED) is 0.703. The number of nitrogens with zero attached hydrogens (tertiary/aromatic N) is 1. The zero-order valence-electron chi connectivity index (χ0n) is 10.8. The zero-order chi connectivity index (χ0) is 12.5. The van der Waals surface area contributed by atoms with Crippen LogP contribution in [-0.4, -0.2) is 42.9 Å². The summed E-state index contributed by atoms with van der Waals surface area (Å²) in [5.74, 6) is 0. The minimum atomic E-state index is -0.520. The fourth-order valence-corrected chi connectivity index (χ4v) is 1.70. The molecule has 0 saturated carbocycles. The Hall–Kier alpha value is -0.900. The first-order valence-corrected chi connectivity index (χ1v) is 6.31. The van der Waals surface area contributed by atoms with E-state index < -0.39 is 6.10 Å². The van der Waals surface area contributed by atoms with Crippen molar-refractivity contribution in [2.24, 2.45) is 0 Å². The first-order chi connectivity index (χ1) is 8.27. The zero-order valence-corrected chi connectivity index (χ0v) is 10.8. The molecule has 96 valence electrons. The van der Waals surface area contributed by atoms with Gasteiger partial charge in [-0.2, -0.15) is 0 Å². The van der Waals surface area contributed by atoms with Crippen LogP contribution in [0.2, 0.25) is 0 Å². The standard InChI is InChI=1S/C14H23NO2/c1-3-15(4-2)10-11-17-12-14(16)13-8-6-5-7-9-13/h5-9,14,16H,3-4,10-12H2,1-2H3. The number of benzene rings is 1. The average molecular weight is 237 g/mol. The van der Waals surface area contributed by atoms with E-state index in [1.54, 1.807) is 0 Å². The maximum atomic E-state index is 9.86. The Kier molecular flexibility index (Phi) is 6.86. The predicted molar refractivity (Wildman–Crippen MR) is 70.0 cm³/mol. The van der Waals surface area contributed by atoms with Gasteiger partial charge in [-0.1, -0.05) is 44.2 Å². The van der Waals surface area contributed by atoms with E-state index in [4.69, 9.17) is 4.74 Å². The second kappa shape index (κ2) is 8.23. The summed E-state index contributed by atoms with van der Waals surface area (Å²) in [6.07, 6.45) is -0.520. The van der Waals surface area contributed by atoms with Crippen molar-refractivity contribution in [1.29, 1.82) is 0 Å². The molecular weight excluding hydrogens is 214 g/mol. The topological polar surface area (TPSA) is 32.7 Å². The van der Waals surface area contributed by atoms with Gasteiger partial charge in [0, 0.05) is 6.54 Å². The van der Waals surface area contributed by atoms with E-state index in [2.05, 4.69) is 18.7 Å². The maximum Gasteiger partial charge on any atom is 0.102 e. The Morgan fingerprint density at radius 1 is 1.18 bits per heavy atom. The van der Waals surface area contributed by atoms with E-state index in [0.29, 0.717) is 13.2 Å². The fourth-order valence-electron chi connectivity index (χ4n) is 1.70. The van der Waals surface area contributed by atoms with E-state index in [1.807, 2.05) is 30.3 Å². The molecule has 1 unspecified atom stereocenters. The van der Waals surface area contributed by atoms with Crippen molar-refractivity contribution in [1.82, 2.24) is 4.90 Å². The SMILES string of the molecule is CCN(CC)CCOCC(O)c1ccccc1. The fraction of sp³-hybridized carbons (Fsp3) is 0.571. The minimum absolute atomic E-state index is 0.366. The molecule has 0 saturated heterocycles.